The van der Waals surface area contributed by atoms with Crippen LogP contribution in [0.2, 0.25) is 0 Å². The van der Waals surface area contributed by atoms with Gasteiger partial charge in [0.2, 0.25) is 10.0 Å². The van der Waals surface area contributed by atoms with Gasteiger partial charge in [0.1, 0.15) is 0 Å². The molecule has 2 heterocycles. The van der Waals surface area contributed by atoms with Crippen LogP contribution in [0.15, 0.2) is 54.7 Å². The van der Waals surface area contributed by atoms with Gasteiger partial charge in [0, 0.05) is 6.54 Å². The van der Waals surface area contributed by atoms with E-state index in [1.807, 2.05) is 36.5 Å². The van der Waals surface area contributed by atoms with E-state index >= 15 is 0 Å². The third-order valence-electron chi connectivity index (χ3n) is 5.30. The first-order valence-corrected chi connectivity index (χ1v) is 11.7. The van der Waals surface area contributed by atoms with Gasteiger partial charge in [0.15, 0.2) is 5.82 Å². The molecule has 0 radical (unpaired) electrons. The average Bonchev–Trinajstić information content (AvgIpc) is 3.19. The number of sulfonamides is 1. The normalized spacial score (nSPS) is 15.9. The number of likely N-dealkylation sites (tertiary alicyclic amines) is 1. The summed E-state index contributed by atoms with van der Waals surface area (Å²) in [5.41, 5.74) is 2.43. The lowest BCUT2D eigenvalue weighted by Gasteiger charge is -2.32. The summed E-state index contributed by atoms with van der Waals surface area (Å²) in [7, 11) is -3.52. The highest BCUT2D eigenvalue weighted by atomic mass is 32.2. The highest BCUT2D eigenvalue weighted by Gasteiger charge is 2.25. The highest BCUT2D eigenvalue weighted by molar-refractivity contribution is 7.92. The quantitative estimate of drug-likeness (QED) is 0.651. The first-order chi connectivity index (χ1) is 14.4. The number of benzene rings is 2. The number of piperidine rings is 1. The molecular weight excluding hydrogens is 405 g/mol. The molecule has 0 unspecified atom stereocenters. The minimum atomic E-state index is -3.52. The van der Waals surface area contributed by atoms with Crippen LogP contribution in [-0.4, -0.2) is 47.7 Å². The number of hydrogen-bond donors (Lipinski definition) is 1. The molecule has 1 aliphatic heterocycles. The van der Waals surface area contributed by atoms with Crippen LogP contribution in [0.3, 0.4) is 0 Å². The van der Waals surface area contributed by atoms with Crippen molar-refractivity contribution in [1.82, 2.24) is 19.9 Å². The maximum Gasteiger partial charge on any atom is 0.229 e. The molecule has 1 fully saturated rings. The molecule has 1 aliphatic rings. The van der Waals surface area contributed by atoms with E-state index in [-0.39, 0.29) is 11.6 Å². The molecule has 0 amide bonds. The Morgan fingerprint density at radius 3 is 2.53 bits per heavy atom. The second kappa shape index (κ2) is 8.53. The van der Waals surface area contributed by atoms with Crippen molar-refractivity contribution in [2.75, 3.05) is 24.1 Å². The van der Waals surface area contributed by atoms with E-state index in [0.717, 1.165) is 43.6 Å². The number of nitrogens with one attached hydrogen (secondary N) is 1. The molecule has 158 valence electrons. The zero-order valence-electron chi connectivity index (χ0n) is 16.7. The van der Waals surface area contributed by atoms with Crippen molar-refractivity contribution in [1.29, 1.82) is 0 Å². The van der Waals surface area contributed by atoms with Gasteiger partial charge in [-0.15, -0.1) is 5.10 Å². The third-order valence-corrected chi connectivity index (χ3v) is 5.89. The van der Waals surface area contributed by atoms with Gasteiger partial charge in [-0.1, -0.05) is 35.5 Å². The summed E-state index contributed by atoms with van der Waals surface area (Å²) in [6.45, 7) is 2.32. The zero-order chi connectivity index (χ0) is 21.1. The Morgan fingerprint density at radius 1 is 1.10 bits per heavy atom. The Bertz CT molecular complexity index is 1110. The largest absolute Gasteiger partial charge is 0.297 e. The van der Waals surface area contributed by atoms with Crippen LogP contribution >= 0.6 is 0 Å². The Morgan fingerprint density at radius 2 is 1.83 bits per heavy atom. The van der Waals surface area contributed by atoms with E-state index in [4.69, 9.17) is 0 Å². The lowest BCUT2D eigenvalue weighted by atomic mass is 9.88. The maximum atomic E-state index is 14.8. The van der Waals surface area contributed by atoms with Crippen molar-refractivity contribution in [3.05, 3.63) is 71.8 Å². The fourth-order valence-electron chi connectivity index (χ4n) is 3.85. The van der Waals surface area contributed by atoms with E-state index < -0.39 is 15.8 Å². The van der Waals surface area contributed by atoms with Crippen LogP contribution in [0.5, 0.6) is 0 Å². The zero-order valence-corrected chi connectivity index (χ0v) is 17.5. The minimum absolute atomic E-state index is 0.00922. The molecule has 4 rings (SSSR count). The molecule has 30 heavy (non-hydrogen) atoms. The van der Waals surface area contributed by atoms with Gasteiger partial charge in [-0.2, -0.15) is 0 Å². The summed E-state index contributed by atoms with van der Waals surface area (Å²) in [5.74, 6) is -0.422. The van der Waals surface area contributed by atoms with Crippen LogP contribution in [0.25, 0.3) is 5.69 Å². The number of hydrogen-bond acceptors (Lipinski definition) is 5. The molecular formula is C21H24FN5O2S. The van der Waals surface area contributed by atoms with Gasteiger partial charge in [-0.05, 0) is 55.6 Å². The lowest BCUT2D eigenvalue weighted by Crippen LogP contribution is -2.32. The lowest BCUT2D eigenvalue weighted by molar-refractivity contribution is 0.201. The number of nitrogens with zero attached hydrogens (tertiary/aromatic N) is 4. The molecule has 9 heteroatoms. The second-order valence-electron chi connectivity index (χ2n) is 7.62. The van der Waals surface area contributed by atoms with Crippen LogP contribution in [0, 0.1) is 5.82 Å². The number of aromatic nitrogens is 3. The summed E-state index contributed by atoms with van der Waals surface area (Å²) >= 11 is 0. The summed E-state index contributed by atoms with van der Waals surface area (Å²) in [5, 5.41) is 8.47. The summed E-state index contributed by atoms with van der Waals surface area (Å²) in [4.78, 5) is 2.28. The van der Waals surface area contributed by atoms with E-state index in [9.17, 15) is 12.8 Å². The molecule has 1 saturated heterocycles. The van der Waals surface area contributed by atoms with Crippen molar-refractivity contribution in [2.45, 2.75) is 25.3 Å². The van der Waals surface area contributed by atoms with Gasteiger partial charge in [-0.25, -0.2) is 17.5 Å². The van der Waals surface area contributed by atoms with Gasteiger partial charge < -0.3 is 0 Å². The van der Waals surface area contributed by atoms with Crippen LogP contribution < -0.4 is 4.72 Å². The Balaban J connectivity index is 1.38. The summed E-state index contributed by atoms with van der Waals surface area (Å²) in [6.07, 6.45) is 4.55. The SMILES string of the molecule is CS(=O)(=O)Nc1cccc(C2CCN(Cc3cn(-c4ccccc4)nn3)CC2)c1F. The van der Waals surface area contributed by atoms with Gasteiger partial charge >= 0.3 is 0 Å². The number of anilines is 1. The molecule has 0 atom stereocenters. The maximum absolute atomic E-state index is 14.8. The predicted octanol–water partition coefficient (Wildman–Crippen LogP) is 3.16. The summed E-state index contributed by atoms with van der Waals surface area (Å²) in [6, 6.07) is 14.7. The molecule has 0 spiro atoms. The minimum Gasteiger partial charge on any atom is -0.297 e. The molecule has 7 nitrogen and oxygen atoms in total. The smallest absolute Gasteiger partial charge is 0.229 e. The molecule has 0 aliphatic carbocycles. The molecule has 1 aromatic heterocycles. The fourth-order valence-corrected chi connectivity index (χ4v) is 4.41. The Hall–Kier alpha value is -2.78. The van der Waals surface area contributed by atoms with Crippen LogP contribution in [-0.2, 0) is 16.6 Å². The number of para-hydroxylation sites is 1. The number of halogens is 1. The third kappa shape index (κ3) is 4.85. The van der Waals surface area contributed by atoms with Crippen molar-refractivity contribution < 1.29 is 12.8 Å². The van der Waals surface area contributed by atoms with E-state index in [0.29, 0.717) is 12.1 Å². The predicted molar refractivity (Wildman–Crippen MR) is 113 cm³/mol. The number of rotatable bonds is 6. The Labute approximate surface area is 175 Å². The molecule has 3 aromatic rings. The van der Waals surface area contributed by atoms with Gasteiger partial charge in [0.25, 0.3) is 0 Å². The first kappa shape index (κ1) is 20.5. The average molecular weight is 430 g/mol. The molecule has 0 bridgehead atoms. The van der Waals surface area contributed by atoms with Gasteiger partial charge in [-0.3, -0.25) is 9.62 Å². The molecule has 2 aromatic carbocycles. The first-order valence-electron chi connectivity index (χ1n) is 9.84. The standard InChI is InChI=1S/C21H24FN5O2S/c1-30(28,29)24-20-9-5-8-19(21(20)22)16-10-12-26(13-11-16)14-17-15-27(25-23-17)18-6-3-2-4-7-18/h2-9,15-16,24H,10-14H2,1H3. The van der Waals surface area contributed by atoms with Crippen molar-refractivity contribution in [2.24, 2.45) is 0 Å². The van der Waals surface area contributed by atoms with E-state index in [1.165, 1.54) is 6.07 Å². The van der Waals surface area contributed by atoms with Crippen LogP contribution in [0.1, 0.15) is 30.0 Å². The van der Waals surface area contributed by atoms with E-state index in [1.54, 1.807) is 16.8 Å². The fraction of sp³-hybridized carbons (Fsp3) is 0.333. The van der Waals surface area contributed by atoms with Crippen molar-refractivity contribution in [3.8, 4) is 5.69 Å². The molecule has 1 N–H and O–H groups in total. The van der Waals surface area contributed by atoms with Crippen molar-refractivity contribution in [3.63, 3.8) is 0 Å². The highest BCUT2D eigenvalue weighted by Crippen LogP contribution is 2.33. The second-order valence-corrected chi connectivity index (χ2v) is 9.37. The van der Waals surface area contributed by atoms with Crippen LogP contribution in [0.4, 0.5) is 10.1 Å². The summed E-state index contributed by atoms with van der Waals surface area (Å²) < 4.78 is 41.8. The monoisotopic (exact) mass is 429 g/mol. The van der Waals surface area contributed by atoms with Gasteiger partial charge in [0.05, 0.1) is 29.5 Å². The topological polar surface area (TPSA) is 80.1 Å². The Kier molecular flexibility index (Phi) is 5.83. The van der Waals surface area contributed by atoms with Crippen molar-refractivity contribution >= 4 is 15.7 Å². The molecule has 0 saturated carbocycles. The van der Waals surface area contributed by atoms with E-state index in [2.05, 4.69) is 19.9 Å².